The number of nitrogens with one attached hydrogen (secondary N) is 1. The molecule has 1 saturated heterocycles. The lowest BCUT2D eigenvalue weighted by molar-refractivity contribution is -0.122. The number of para-hydroxylation sites is 1. The standard InChI is InChI=1S/C25H19ClN2O3S2/c26-20-11-4-5-12-21(20)27-23(29)16-31-19-10-6-9-18(13-19)14-22-24(30)28(25(32)33-22)15-17-7-2-1-3-8-17/h1-14H,15-16H2,(H,27,29)/b22-14-. The smallest absolute Gasteiger partial charge is 0.266 e. The van der Waals surface area contributed by atoms with E-state index in [1.54, 1.807) is 53.4 Å². The maximum atomic E-state index is 12.9. The highest BCUT2D eigenvalue weighted by atomic mass is 35.5. The average Bonchev–Trinajstić information content (AvgIpc) is 3.07. The van der Waals surface area contributed by atoms with Crippen LogP contribution in [0.25, 0.3) is 6.08 Å². The number of thioether (sulfide) groups is 1. The van der Waals surface area contributed by atoms with Gasteiger partial charge in [-0.3, -0.25) is 14.5 Å². The molecule has 4 rings (SSSR count). The van der Waals surface area contributed by atoms with Gasteiger partial charge in [0.05, 0.1) is 22.2 Å². The first-order chi connectivity index (χ1) is 16.0. The Kier molecular flexibility index (Phi) is 7.44. The number of ether oxygens (including phenoxy) is 1. The molecule has 1 aliphatic rings. The van der Waals surface area contributed by atoms with E-state index in [1.807, 2.05) is 36.4 Å². The van der Waals surface area contributed by atoms with Gasteiger partial charge in [0.2, 0.25) is 0 Å². The van der Waals surface area contributed by atoms with Crippen molar-refractivity contribution in [3.63, 3.8) is 0 Å². The fourth-order valence-corrected chi connectivity index (χ4v) is 4.58. The first-order valence-electron chi connectivity index (χ1n) is 10.1. The third kappa shape index (κ3) is 6.01. The molecule has 0 aliphatic carbocycles. The summed E-state index contributed by atoms with van der Waals surface area (Å²) in [5.74, 6) is 0.0624. The largest absolute Gasteiger partial charge is 0.484 e. The van der Waals surface area contributed by atoms with Crippen LogP contribution in [0.3, 0.4) is 0 Å². The quantitative estimate of drug-likeness (QED) is 0.334. The van der Waals surface area contributed by atoms with Gasteiger partial charge in [0.1, 0.15) is 10.1 Å². The summed E-state index contributed by atoms with van der Waals surface area (Å²) >= 11 is 12.8. The predicted molar refractivity (Wildman–Crippen MR) is 137 cm³/mol. The lowest BCUT2D eigenvalue weighted by Gasteiger charge is -2.14. The number of carbonyl (C=O) groups is 2. The van der Waals surface area contributed by atoms with Crippen LogP contribution in [0.5, 0.6) is 5.75 Å². The second kappa shape index (κ2) is 10.7. The van der Waals surface area contributed by atoms with Crippen LogP contribution < -0.4 is 10.1 Å². The molecule has 0 spiro atoms. The van der Waals surface area contributed by atoms with Crippen LogP contribution in [-0.2, 0) is 16.1 Å². The van der Waals surface area contributed by atoms with Crippen molar-refractivity contribution in [2.45, 2.75) is 6.54 Å². The van der Waals surface area contributed by atoms with Gasteiger partial charge in [0.25, 0.3) is 11.8 Å². The van der Waals surface area contributed by atoms with Crippen LogP contribution in [0.4, 0.5) is 5.69 Å². The van der Waals surface area contributed by atoms with Gasteiger partial charge in [0, 0.05) is 0 Å². The zero-order valence-corrected chi connectivity index (χ0v) is 19.8. The summed E-state index contributed by atoms with van der Waals surface area (Å²) in [7, 11) is 0. The van der Waals surface area contributed by atoms with Crippen LogP contribution in [0.2, 0.25) is 5.02 Å². The lowest BCUT2D eigenvalue weighted by atomic mass is 10.2. The third-order valence-corrected chi connectivity index (χ3v) is 6.44. The summed E-state index contributed by atoms with van der Waals surface area (Å²) in [6.45, 7) is 0.264. The Morgan fingerprint density at radius 1 is 1.06 bits per heavy atom. The summed E-state index contributed by atoms with van der Waals surface area (Å²) in [5.41, 5.74) is 2.32. The van der Waals surface area contributed by atoms with Gasteiger partial charge in [-0.1, -0.05) is 90.2 Å². The topological polar surface area (TPSA) is 58.6 Å². The molecule has 5 nitrogen and oxygen atoms in total. The fourth-order valence-electron chi connectivity index (χ4n) is 3.15. The molecule has 0 radical (unpaired) electrons. The van der Waals surface area contributed by atoms with Crippen molar-refractivity contribution in [2.75, 3.05) is 11.9 Å². The van der Waals surface area contributed by atoms with Gasteiger partial charge in [-0.05, 0) is 41.5 Å². The van der Waals surface area contributed by atoms with Crippen LogP contribution in [0.1, 0.15) is 11.1 Å². The minimum atomic E-state index is -0.324. The van der Waals surface area contributed by atoms with Crippen molar-refractivity contribution in [3.05, 3.63) is 99.9 Å². The van der Waals surface area contributed by atoms with E-state index in [0.717, 1.165) is 11.1 Å². The minimum absolute atomic E-state index is 0.126. The van der Waals surface area contributed by atoms with Crippen molar-refractivity contribution in [1.29, 1.82) is 0 Å². The lowest BCUT2D eigenvalue weighted by Crippen LogP contribution is -2.27. The molecule has 3 aromatic rings. The number of benzene rings is 3. The normalized spacial score (nSPS) is 14.6. The Balaban J connectivity index is 1.39. The molecule has 0 saturated carbocycles. The van der Waals surface area contributed by atoms with Gasteiger partial charge >= 0.3 is 0 Å². The number of carbonyl (C=O) groups excluding carboxylic acids is 2. The number of anilines is 1. The molecule has 1 N–H and O–H groups in total. The molecule has 33 heavy (non-hydrogen) atoms. The molecule has 1 aliphatic heterocycles. The summed E-state index contributed by atoms with van der Waals surface area (Å²) in [6.07, 6.45) is 1.78. The highest BCUT2D eigenvalue weighted by molar-refractivity contribution is 8.26. The van der Waals surface area contributed by atoms with E-state index in [0.29, 0.717) is 32.2 Å². The summed E-state index contributed by atoms with van der Waals surface area (Å²) in [6, 6.07) is 23.9. The average molecular weight is 495 g/mol. The van der Waals surface area contributed by atoms with Crippen molar-refractivity contribution in [1.82, 2.24) is 4.90 Å². The Hall–Kier alpha value is -3.13. The van der Waals surface area contributed by atoms with Crippen molar-refractivity contribution in [2.24, 2.45) is 0 Å². The Labute approximate surface area is 206 Å². The van der Waals surface area contributed by atoms with Crippen LogP contribution in [0, 0.1) is 0 Å². The predicted octanol–water partition coefficient (Wildman–Crippen LogP) is 5.76. The monoisotopic (exact) mass is 494 g/mol. The second-order valence-electron chi connectivity index (χ2n) is 7.14. The number of halogens is 1. The number of hydrogen-bond donors (Lipinski definition) is 1. The van der Waals surface area contributed by atoms with Crippen LogP contribution >= 0.6 is 35.6 Å². The number of thiocarbonyl (C=S) groups is 1. The van der Waals surface area contributed by atoms with Crippen LogP contribution in [0.15, 0.2) is 83.8 Å². The van der Waals surface area contributed by atoms with Crippen molar-refractivity contribution < 1.29 is 14.3 Å². The Morgan fingerprint density at radius 3 is 2.61 bits per heavy atom. The van der Waals surface area contributed by atoms with Crippen LogP contribution in [-0.4, -0.2) is 27.6 Å². The van der Waals surface area contributed by atoms with Crippen molar-refractivity contribution in [3.8, 4) is 5.75 Å². The number of hydrogen-bond acceptors (Lipinski definition) is 5. The van der Waals surface area contributed by atoms with E-state index >= 15 is 0 Å². The van der Waals surface area contributed by atoms with E-state index in [1.165, 1.54) is 11.8 Å². The van der Waals surface area contributed by atoms with Gasteiger partial charge in [-0.15, -0.1) is 0 Å². The molecular weight excluding hydrogens is 476 g/mol. The van der Waals surface area contributed by atoms with Gasteiger partial charge in [0.15, 0.2) is 6.61 Å². The Morgan fingerprint density at radius 2 is 1.82 bits per heavy atom. The molecule has 0 aromatic heterocycles. The van der Waals surface area contributed by atoms with E-state index < -0.39 is 0 Å². The maximum absolute atomic E-state index is 12.9. The van der Waals surface area contributed by atoms with Gasteiger partial charge < -0.3 is 10.1 Å². The molecule has 1 fully saturated rings. The van der Waals surface area contributed by atoms with E-state index in [9.17, 15) is 9.59 Å². The van der Waals surface area contributed by atoms with E-state index in [2.05, 4.69) is 5.32 Å². The molecule has 3 aromatic carbocycles. The maximum Gasteiger partial charge on any atom is 0.266 e. The third-order valence-electron chi connectivity index (χ3n) is 4.73. The van der Waals surface area contributed by atoms with E-state index in [4.69, 9.17) is 28.6 Å². The first-order valence-corrected chi connectivity index (χ1v) is 11.7. The fraction of sp³-hybridized carbons (Fsp3) is 0.0800. The minimum Gasteiger partial charge on any atom is -0.484 e. The van der Waals surface area contributed by atoms with E-state index in [-0.39, 0.29) is 18.4 Å². The highest BCUT2D eigenvalue weighted by Crippen LogP contribution is 2.34. The van der Waals surface area contributed by atoms with Crippen molar-refractivity contribution >= 4 is 63.5 Å². The second-order valence-corrected chi connectivity index (χ2v) is 9.23. The molecular formula is C25H19ClN2O3S2. The molecule has 2 amide bonds. The molecule has 1 heterocycles. The summed E-state index contributed by atoms with van der Waals surface area (Å²) in [5, 5.41) is 3.17. The van der Waals surface area contributed by atoms with Gasteiger partial charge in [-0.25, -0.2) is 0 Å². The van der Waals surface area contributed by atoms with Gasteiger partial charge in [-0.2, -0.15) is 0 Å². The summed E-state index contributed by atoms with van der Waals surface area (Å²) in [4.78, 5) is 27.2. The number of rotatable bonds is 7. The zero-order chi connectivity index (χ0) is 23.2. The molecule has 0 bridgehead atoms. The molecule has 8 heteroatoms. The molecule has 0 atom stereocenters. The molecule has 166 valence electrons. The summed E-state index contributed by atoms with van der Waals surface area (Å²) < 4.78 is 6.15. The SMILES string of the molecule is O=C(COc1cccc(/C=C2\SC(=S)N(Cc3ccccc3)C2=O)c1)Nc1ccccc1Cl. The zero-order valence-electron chi connectivity index (χ0n) is 17.4. The highest BCUT2D eigenvalue weighted by Gasteiger charge is 2.31. The molecule has 0 unspecified atom stereocenters. The number of nitrogens with zero attached hydrogens (tertiary/aromatic N) is 1. The Bertz CT molecular complexity index is 1230. The number of amides is 2. The first kappa shape index (κ1) is 23.0.